The Morgan fingerprint density at radius 1 is 1.00 bits per heavy atom. The van der Waals surface area contributed by atoms with E-state index in [1.54, 1.807) is 39.7 Å². The summed E-state index contributed by atoms with van der Waals surface area (Å²) in [5, 5.41) is 6.56. The molecule has 27 heavy (non-hydrogen) atoms. The van der Waals surface area contributed by atoms with Gasteiger partial charge in [-0.1, -0.05) is 23.4 Å². The molecule has 0 atom stereocenters. The predicted octanol–water partition coefficient (Wildman–Crippen LogP) is 3.55. The number of methoxy groups -OCH3 is 3. The SMILES string of the molecule is COc1ccc(CC(=O)Nc2oncc2-c2ccc(OC)c(OC)c2)cc1. The van der Waals surface area contributed by atoms with Crippen LogP contribution < -0.4 is 19.5 Å². The lowest BCUT2D eigenvalue weighted by Gasteiger charge is -2.09. The summed E-state index contributed by atoms with van der Waals surface area (Å²) in [6, 6.07) is 12.7. The van der Waals surface area contributed by atoms with Crippen molar-refractivity contribution in [2.75, 3.05) is 26.6 Å². The number of anilines is 1. The number of benzene rings is 2. The van der Waals surface area contributed by atoms with Gasteiger partial charge in [0.1, 0.15) is 5.75 Å². The molecule has 0 saturated carbocycles. The van der Waals surface area contributed by atoms with Gasteiger partial charge in [0.25, 0.3) is 0 Å². The lowest BCUT2D eigenvalue weighted by molar-refractivity contribution is -0.115. The second-order valence-corrected chi connectivity index (χ2v) is 5.71. The van der Waals surface area contributed by atoms with Crippen molar-refractivity contribution >= 4 is 11.8 Å². The first kappa shape index (κ1) is 18.3. The van der Waals surface area contributed by atoms with Gasteiger partial charge in [0.15, 0.2) is 11.5 Å². The Bertz CT molecular complexity index is 918. The van der Waals surface area contributed by atoms with Gasteiger partial charge >= 0.3 is 0 Å². The molecule has 0 aliphatic carbocycles. The van der Waals surface area contributed by atoms with Crippen molar-refractivity contribution in [2.45, 2.75) is 6.42 Å². The number of hydrogen-bond acceptors (Lipinski definition) is 6. The molecule has 0 aliphatic heterocycles. The molecule has 1 N–H and O–H groups in total. The second kappa shape index (κ2) is 8.27. The number of nitrogens with zero attached hydrogens (tertiary/aromatic N) is 1. The van der Waals surface area contributed by atoms with Crippen LogP contribution in [-0.4, -0.2) is 32.4 Å². The molecule has 7 heteroatoms. The quantitative estimate of drug-likeness (QED) is 0.687. The Morgan fingerprint density at radius 2 is 1.74 bits per heavy atom. The molecule has 0 spiro atoms. The lowest BCUT2D eigenvalue weighted by atomic mass is 10.1. The summed E-state index contributed by atoms with van der Waals surface area (Å²) in [6.45, 7) is 0. The first-order valence-electron chi connectivity index (χ1n) is 8.24. The maximum absolute atomic E-state index is 12.4. The van der Waals surface area contributed by atoms with Crippen LogP contribution in [-0.2, 0) is 11.2 Å². The summed E-state index contributed by atoms with van der Waals surface area (Å²) in [5.74, 6) is 2.00. The number of ether oxygens (including phenoxy) is 3. The largest absolute Gasteiger partial charge is 0.497 e. The van der Waals surface area contributed by atoms with Crippen molar-refractivity contribution in [1.82, 2.24) is 5.16 Å². The van der Waals surface area contributed by atoms with E-state index < -0.39 is 0 Å². The number of amides is 1. The van der Waals surface area contributed by atoms with Gasteiger partial charge in [-0.25, -0.2) is 0 Å². The molecule has 0 fully saturated rings. The van der Waals surface area contributed by atoms with Gasteiger partial charge in [0, 0.05) is 0 Å². The fraction of sp³-hybridized carbons (Fsp3) is 0.200. The van der Waals surface area contributed by atoms with Crippen LogP contribution in [0, 0.1) is 0 Å². The summed E-state index contributed by atoms with van der Waals surface area (Å²) < 4.78 is 20.9. The number of carbonyl (C=O) groups is 1. The van der Waals surface area contributed by atoms with Gasteiger partial charge in [-0.15, -0.1) is 0 Å². The van der Waals surface area contributed by atoms with Crippen LogP contribution in [0.1, 0.15) is 5.56 Å². The molecule has 7 nitrogen and oxygen atoms in total. The number of carbonyl (C=O) groups excluding carboxylic acids is 1. The average Bonchev–Trinajstić information content (AvgIpc) is 3.15. The van der Waals surface area contributed by atoms with Crippen LogP contribution in [0.4, 0.5) is 5.88 Å². The van der Waals surface area contributed by atoms with E-state index in [2.05, 4.69) is 10.5 Å². The zero-order chi connectivity index (χ0) is 19.2. The van der Waals surface area contributed by atoms with Gasteiger partial charge < -0.3 is 18.7 Å². The van der Waals surface area contributed by atoms with Crippen molar-refractivity contribution < 1.29 is 23.5 Å². The summed E-state index contributed by atoms with van der Waals surface area (Å²) >= 11 is 0. The zero-order valence-electron chi connectivity index (χ0n) is 15.3. The maximum atomic E-state index is 12.4. The first-order chi connectivity index (χ1) is 13.1. The van der Waals surface area contributed by atoms with E-state index in [1.165, 1.54) is 0 Å². The molecule has 3 rings (SSSR count). The molecule has 140 valence electrons. The molecule has 2 aromatic carbocycles. The average molecular weight is 368 g/mol. The van der Waals surface area contributed by atoms with Crippen molar-refractivity contribution in [3.63, 3.8) is 0 Å². The molecule has 0 saturated heterocycles. The van der Waals surface area contributed by atoms with E-state index in [9.17, 15) is 4.79 Å². The maximum Gasteiger partial charge on any atom is 0.239 e. The third kappa shape index (κ3) is 4.20. The fourth-order valence-corrected chi connectivity index (χ4v) is 2.64. The highest BCUT2D eigenvalue weighted by Gasteiger charge is 2.16. The van der Waals surface area contributed by atoms with Crippen molar-refractivity contribution in [1.29, 1.82) is 0 Å². The lowest BCUT2D eigenvalue weighted by Crippen LogP contribution is -2.14. The third-order valence-corrected chi connectivity index (χ3v) is 4.04. The highest BCUT2D eigenvalue weighted by Crippen LogP contribution is 2.35. The number of aromatic nitrogens is 1. The van der Waals surface area contributed by atoms with Crippen molar-refractivity contribution in [2.24, 2.45) is 0 Å². The highest BCUT2D eigenvalue weighted by molar-refractivity contribution is 5.94. The van der Waals surface area contributed by atoms with Crippen LogP contribution in [0.3, 0.4) is 0 Å². The van der Waals surface area contributed by atoms with Gasteiger partial charge in [0.05, 0.1) is 39.5 Å². The summed E-state index contributed by atoms with van der Waals surface area (Å²) in [6.07, 6.45) is 1.75. The molecule has 1 amide bonds. The standard InChI is InChI=1S/C20H20N2O5/c1-24-15-7-4-13(5-8-15)10-19(23)22-20-16(12-21-27-20)14-6-9-17(25-2)18(11-14)26-3/h4-9,11-12H,10H2,1-3H3,(H,22,23). The molecular formula is C20H20N2O5. The Morgan fingerprint density at radius 3 is 2.41 bits per heavy atom. The Labute approximate surface area is 156 Å². The highest BCUT2D eigenvalue weighted by atomic mass is 16.5. The van der Waals surface area contributed by atoms with E-state index >= 15 is 0 Å². The summed E-state index contributed by atoms with van der Waals surface area (Å²) in [7, 11) is 4.73. The van der Waals surface area contributed by atoms with Crippen molar-refractivity contribution in [3.8, 4) is 28.4 Å². The van der Waals surface area contributed by atoms with Gasteiger partial charge in [-0.05, 0) is 35.4 Å². The van der Waals surface area contributed by atoms with Crippen molar-refractivity contribution in [3.05, 3.63) is 54.2 Å². The van der Waals surface area contributed by atoms with E-state index in [0.717, 1.165) is 16.9 Å². The van der Waals surface area contributed by atoms with Crippen LogP contribution in [0.15, 0.2) is 53.2 Å². The van der Waals surface area contributed by atoms with Gasteiger partial charge in [-0.3, -0.25) is 10.1 Å². The molecule has 0 radical (unpaired) electrons. The molecule has 0 unspecified atom stereocenters. The first-order valence-corrected chi connectivity index (χ1v) is 8.24. The van der Waals surface area contributed by atoms with Crippen LogP contribution in [0.2, 0.25) is 0 Å². The second-order valence-electron chi connectivity index (χ2n) is 5.71. The predicted molar refractivity (Wildman–Crippen MR) is 100 cm³/mol. The minimum Gasteiger partial charge on any atom is -0.497 e. The smallest absolute Gasteiger partial charge is 0.239 e. The van der Waals surface area contributed by atoms with E-state index in [0.29, 0.717) is 17.1 Å². The fourth-order valence-electron chi connectivity index (χ4n) is 2.64. The number of hydrogen-bond donors (Lipinski definition) is 1. The van der Waals surface area contributed by atoms with Crippen LogP contribution in [0.5, 0.6) is 17.2 Å². The van der Waals surface area contributed by atoms with E-state index in [4.69, 9.17) is 18.7 Å². The van der Waals surface area contributed by atoms with Crippen LogP contribution in [0.25, 0.3) is 11.1 Å². The number of nitrogens with one attached hydrogen (secondary N) is 1. The zero-order valence-corrected chi connectivity index (χ0v) is 15.3. The Hall–Kier alpha value is -3.48. The van der Waals surface area contributed by atoms with E-state index in [1.807, 2.05) is 30.3 Å². The summed E-state index contributed by atoms with van der Waals surface area (Å²) in [4.78, 5) is 12.4. The normalized spacial score (nSPS) is 10.3. The topological polar surface area (TPSA) is 82.8 Å². The third-order valence-electron chi connectivity index (χ3n) is 4.04. The Balaban J connectivity index is 1.75. The van der Waals surface area contributed by atoms with Gasteiger partial charge in [0.2, 0.25) is 11.8 Å². The summed E-state index contributed by atoms with van der Waals surface area (Å²) in [5.41, 5.74) is 2.30. The molecule has 1 aromatic heterocycles. The Kier molecular flexibility index (Phi) is 5.61. The monoisotopic (exact) mass is 368 g/mol. The molecule has 1 heterocycles. The van der Waals surface area contributed by atoms with E-state index in [-0.39, 0.29) is 18.2 Å². The molecule has 0 aliphatic rings. The number of rotatable bonds is 7. The minimum atomic E-state index is -0.210. The van der Waals surface area contributed by atoms with Crippen LogP contribution >= 0.6 is 0 Å². The minimum absolute atomic E-state index is 0.204. The molecular weight excluding hydrogens is 348 g/mol. The molecule has 3 aromatic rings. The van der Waals surface area contributed by atoms with Gasteiger partial charge in [-0.2, -0.15) is 0 Å². The molecule has 0 bridgehead atoms.